The summed E-state index contributed by atoms with van der Waals surface area (Å²) >= 11 is 3.37. The van der Waals surface area contributed by atoms with E-state index in [9.17, 15) is 4.79 Å². The molecular weight excluding hydrogens is 360 g/mol. The molecule has 2 aromatic carbocycles. The van der Waals surface area contributed by atoms with E-state index in [1.165, 1.54) is 0 Å². The third kappa shape index (κ3) is 5.17. The summed E-state index contributed by atoms with van der Waals surface area (Å²) in [5.41, 5.74) is 1.65. The van der Waals surface area contributed by atoms with Gasteiger partial charge in [-0.15, -0.1) is 0 Å². The number of amides is 1. The lowest BCUT2D eigenvalue weighted by molar-refractivity contribution is -0.115. The van der Waals surface area contributed by atoms with Gasteiger partial charge in [-0.05, 0) is 30.3 Å². The van der Waals surface area contributed by atoms with Gasteiger partial charge in [0.05, 0.1) is 14.2 Å². The zero-order chi connectivity index (χ0) is 16.7. The number of halogens is 1. The average molecular weight is 379 g/mol. The predicted molar refractivity (Wildman–Crippen MR) is 95.4 cm³/mol. The van der Waals surface area contributed by atoms with Gasteiger partial charge in [-0.1, -0.05) is 22.0 Å². The van der Waals surface area contributed by atoms with Crippen molar-refractivity contribution in [2.45, 2.75) is 6.42 Å². The molecule has 6 heteroatoms. The molecule has 0 aliphatic heterocycles. The summed E-state index contributed by atoms with van der Waals surface area (Å²) in [6.45, 7) is 0.523. The maximum atomic E-state index is 11.9. The van der Waals surface area contributed by atoms with E-state index in [2.05, 4.69) is 26.6 Å². The monoisotopic (exact) mass is 378 g/mol. The van der Waals surface area contributed by atoms with Crippen molar-refractivity contribution in [3.05, 3.63) is 46.9 Å². The maximum Gasteiger partial charge on any atom is 0.226 e. The number of hydrogen-bond acceptors (Lipinski definition) is 4. The highest BCUT2D eigenvalue weighted by Crippen LogP contribution is 2.29. The highest BCUT2D eigenvalue weighted by atomic mass is 79.9. The first-order chi connectivity index (χ1) is 11.1. The van der Waals surface area contributed by atoms with Crippen LogP contribution in [0.1, 0.15) is 6.42 Å². The lowest BCUT2D eigenvalue weighted by Gasteiger charge is -2.11. The van der Waals surface area contributed by atoms with E-state index in [0.29, 0.717) is 24.5 Å². The lowest BCUT2D eigenvalue weighted by Crippen LogP contribution is -2.16. The standard InChI is InChI=1S/C17H19BrN2O3/c1-22-15-7-6-13(11-16(15)23-2)19-9-8-17(21)20-14-5-3-4-12(18)10-14/h3-7,10-11,19H,8-9H2,1-2H3,(H,20,21). The van der Waals surface area contributed by atoms with Crippen LogP contribution in [0.2, 0.25) is 0 Å². The number of hydrogen-bond donors (Lipinski definition) is 2. The minimum absolute atomic E-state index is 0.0453. The van der Waals surface area contributed by atoms with Crippen molar-refractivity contribution in [2.75, 3.05) is 31.4 Å². The van der Waals surface area contributed by atoms with Crippen LogP contribution in [0.4, 0.5) is 11.4 Å². The molecule has 2 aromatic rings. The largest absolute Gasteiger partial charge is 0.493 e. The van der Waals surface area contributed by atoms with E-state index in [1.807, 2.05) is 42.5 Å². The number of ether oxygens (including phenoxy) is 2. The molecule has 1 amide bonds. The first-order valence-electron chi connectivity index (χ1n) is 7.13. The van der Waals surface area contributed by atoms with Crippen molar-refractivity contribution in [1.29, 1.82) is 0 Å². The van der Waals surface area contributed by atoms with Crippen molar-refractivity contribution in [3.63, 3.8) is 0 Å². The van der Waals surface area contributed by atoms with Gasteiger partial charge in [0.25, 0.3) is 0 Å². The van der Waals surface area contributed by atoms with Crippen LogP contribution in [0.25, 0.3) is 0 Å². The fourth-order valence-electron chi connectivity index (χ4n) is 2.06. The van der Waals surface area contributed by atoms with Gasteiger partial charge in [0.1, 0.15) is 0 Å². The number of anilines is 2. The van der Waals surface area contributed by atoms with Crippen molar-refractivity contribution in [2.24, 2.45) is 0 Å². The number of benzene rings is 2. The molecule has 0 bridgehead atoms. The van der Waals surface area contributed by atoms with Crippen LogP contribution in [-0.4, -0.2) is 26.7 Å². The molecule has 5 nitrogen and oxygen atoms in total. The summed E-state index contributed by atoms with van der Waals surface area (Å²) < 4.78 is 11.4. The third-order valence-corrected chi connectivity index (χ3v) is 3.67. The summed E-state index contributed by atoms with van der Waals surface area (Å²) in [4.78, 5) is 11.9. The topological polar surface area (TPSA) is 59.6 Å². The Labute approximate surface area is 144 Å². The second kappa shape index (κ2) is 8.43. The first-order valence-corrected chi connectivity index (χ1v) is 7.93. The Hall–Kier alpha value is -2.21. The number of nitrogens with one attached hydrogen (secondary N) is 2. The summed E-state index contributed by atoms with van der Waals surface area (Å²) in [7, 11) is 3.18. The van der Waals surface area contributed by atoms with Gasteiger partial charge in [-0.2, -0.15) is 0 Å². The van der Waals surface area contributed by atoms with Gasteiger partial charge in [0.15, 0.2) is 11.5 Å². The average Bonchev–Trinajstić information content (AvgIpc) is 2.54. The van der Waals surface area contributed by atoms with Crippen molar-refractivity contribution in [1.82, 2.24) is 0 Å². The minimum atomic E-state index is -0.0453. The Bertz CT molecular complexity index is 677. The Kier molecular flexibility index (Phi) is 6.29. The van der Waals surface area contributed by atoms with E-state index < -0.39 is 0 Å². The molecular formula is C17H19BrN2O3. The summed E-state index contributed by atoms with van der Waals surface area (Å²) in [5.74, 6) is 1.28. The van der Waals surface area contributed by atoms with Crippen molar-refractivity contribution < 1.29 is 14.3 Å². The fourth-order valence-corrected chi connectivity index (χ4v) is 2.46. The SMILES string of the molecule is COc1ccc(NCCC(=O)Nc2cccc(Br)c2)cc1OC. The Morgan fingerprint density at radius 1 is 1.04 bits per heavy atom. The normalized spacial score (nSPS) is 10.0. The Morgan fingerprint density at radius 2 is 1.83 bits per heavy atom. The van der Waals surface area contributed by atoms with Gasteiger partial charge >= 0.3 is 0 Å². The van der Waals surface area contributed by atoms with Crippen molar-refractivity contribution in [3.8, 4) is 11.5 Å². The maximum absolute atomic E-state index is 11.9. The second-order valence-electron chi connectivity index (χ2n) is 4.81. The number of carbonyl (C=O) groups is 1. The van der Waals surface area contributed by atoms with E-state index in [4.69, 9.17) is 9.47 Å². The van der Waals surface area contributed by atoms with E-state index in [0.717, 1.165) is 15.8 Å². The number of carbonyl (C=O) groups excluding carboxylic acids is 1. The van der Waals surface area contributed by atoms with Crippen LogP contribution >= 0.6 is 15.9 Å². The zero-order valence-electron chi connectivity index (χ0n) is 13.1. The second-order valence-corrected chi connectivity index (χ2v) is 5.72. The zero-order valence-corrected chi connectivity index (χ0v) is 14.6. The first kappa shape index (κ1) is 17.1. The molecule has 2 N–H and O–H groups in total. The molecule has 0 saturated carbocycles. The van der Waals surface area contributed by atoms with E-state index in [1.54, 1.807) is 14.2 Å². The van der Waals surface area contributed by atoms with E-state index in [-0.39, 0.29) is 5.91 Å². The molecule has 0 aliphatic rings. The third-order valence-electron chi connectivity index (χ3n) is 3.17. The van der Waals surface area contributed by atoms with E-state index >= 15 is 0 Å². The molecule has 0 spiro atoms. The minimum Gasteiger partial charge on any atom is -0.493 e. The molecule has 0 aliphatic carbocycles. The van der Waals surface area contributed by atoms with Crippen LogP contribution in [0.3, 0.4) is 0 Å². The quantitative estimate of drug-likeness (QED) is 0.766. The van der Waals surface area contributed by atoms with Crippen LogP contribution in [0.5, 0.6) is 11.5 Å². The smallest absolute Gasteiger partial charge is 0.226 e. The molecule has 0 aromatic heterocycles. The summed E-state index contributed by atoms with van der Waals surface area (Å²) in [6.07, 6.45) is 0.362. The van der Waals surface area contributed by atoms with Crippen molar-refractivity contribution >= 4 is 33.2 Å². The molecule has 0 heterocycles. The fraction of sp³-hybridized carbons (Fsp3) is 0.235. The number of rotatable bonds is 7. The van der Waals surface area contributed by atoms with Crippen LogP contribution in [0.15, 0.2) is 46.9 Å². The van der Waals surface area contributed by atoms with Gasteiger partial charge in [-0.3, -0.25) is 4.79 Å². The van der Waals surface area contributed by atoms with Gasteiger partial charge in [0, 0.05) is 34.9 Å². The molecule has 2 rings (SSSR count). The highest BCUT2D eigenvalue weighted by molar-refractivity contribution is 9.10. The molecule has 0 saturated heterocycles. The molecule has 0 atom stereocenters. The Morgan fingerprint density at radius 3 is 2.52 bits per heavy atom. The molecule has 0 fully saturated rings. The van der Waals surface area contributed by atoms with Gasteiger partial charge < -0.3 is 20.1 Å². The Balaban J connectivity index is 1.83. The summed E-state index contributed by atoms with van der Waals surface area (Å²) in [6, 6.07) is 13.0. The van der Waals surface area contributed by atoms with Crippen LogP contribution < -0.4 is 20.1 Å². The molecule has 23 heavy (non-hydrogen) atoms. The highest BCUT2D eigenvalue weighted by Gasteiger charge is 2.06. The van der Waals surface area contributed by atoms with Crippen LogP contribution in [0, 0.1) is 0 Å². The van der Waals surface area contributed by atoms with Crippen LogP contribution in [-0.2, 0) is 4.79 Å². The van der Waals surface area contributed by atoms with Gasteiger partial charge in [-0.25, -0.2) is 0 Å². The molecule has 0 unspecified atom stereocenters. The molecule has 0 radical (unpaired) electrons. The lowest BCUT2D eigenvalue weighted by atomic mass is 10.2. The van der Waals surface area contributed by atoms with Gasteiger partial charge in [0.2, 0.25) is 5.91 Å². The number of methoxy groups -OCH3 is 2. The molecule has 122 valence electrons. The summed E-state index contributed by atoms with van der Waals surface area (Å²) in [5, 5.41) is 6.05. The predicted octanol–water partition coefficient (Wildman–Crippen LogP) is 3.91.